The zero-order valence-electron chi connectivity index (χ0n) is 20.7. The van der Waals surface area contributed by atoms with E-state index in [1.165, 1.54) is 17.3 Å². The third kappa shape index (κ3) is 6.01. The predicted molar refractivity (Wildman–Crippen MR) is 144 cm³/mol. The van der Waals surface area contributed by atoms with Gasteiger partial charge in [-0.15, -0.1) is 0 Å². The van der Waals surface area contributed by atoms with Crippen LogP contribution in [0.3, 0.4) is 0 Å². The van der Waals surface area contributed by atoms with E-state index in [2.05, 4.69) is 0 Å². The molecule has 0 atom stereocenters. The number of nitrogens with zero attached hydrogens (tertiary/aromatic N) is 3. The fourth-order valence-corrected chi connectivity index (χ4v) is 4.82. The Balaban J connectivity index is 1.63. The largest absolute Gasteiger partial charge is 0.333 e. The normalized spacial score (nSPS) is 11.5. The lowest BCUT2D eigenvalue weighted by Crippen LogP contribution is -2.46. The first-order valence-corrected chi connectivity index (χ1v) is 12.7. The van der Waals surface area contributed by atoms with Gasteiger partial charge in [0, 0.05) is 12.1 Å². The molecule has 3 aromatic carbocycles. The maximum atomic E-state index is 13.4. The Morgan fingerprint density at radius 2 is 1.57 bits per heavy atom. The SMILES string of the molecule is Cc1ccc(Cn2c(SCC(=O)N(Cc3ccccc3)C(C)(C)C)nc3ccccc3c2=O)cc1. The van der Waals surface area contributed by atoms with E-state index in [1.807, 2.05) is 105 Å². The van der Waals surface area contributed by atoms with Gasteiger partial charge in [0.25, 0.3) is 5.56 Å². The highest BCUT2D eigenvalue weighted by Crippen LogP contribution is 2.23. The van der Waals surface area contributed by atoms with Crippen molar-refractivity contribution in [2.24, 2.45) is 0 Å². The Morgan fingerprint density at radius 3 is 2.26 bits per heavy atom. The lowest BCUT2D eigenvalue weighted by molar-refractivity contribution is -0.133. The molecule has 6 heteroatoms. The van der Waals surface area contributed by atoms with Crippen molar-refractivity contribution in [2.75, 3.05) is 5.75 Å². The minimum absolute atomic E-state index is 0.00986. The van der Waals surface area contributed by atoms with Crippen LogP contribution in [0, 0.1) is 6.92 Å². The van der Waals surface area contributed by atoms with Gasteiger partial charge in [-0.05, 0) is 51.0 Å². The predicted octanol–water partition coefficient (Wildman–Crippen LogP) is 5.67. The van der Waals surface area contributed by atoms with Crippen LogP contribution < -0.4 is 5.56 Å². The molecule has 0 bridgehead atoms. The molecule has 0 unspecified atom stereocenters. The van der Waals surface area contributed by atoms with Crippen molar-refractivity contribution in [3.8, 4) is 0 Å². The molecular formula is C29H31N3O2S. The maximum absolute atomic E-state index is 13.4. The van der Waals surface area contributed by atoms with Crippen molar-refractivity contribution in [3.05, 3.63) is 106 Å². The monoisotopic (exact) mass is 485 g/mol. The number of benzene rings is 3. The average molecular weight is 486 g/mol. The summed E-state index contributed by atoms with van der Waals surface area (Å²) in [6, 6.07) is 25.5. The minimum Gasteiger partial charge on any atom is -0.333 e. The molecule has 0 aliphatic heterocycles. The van der Waals surface area contributed by atoms with Crippen LogP contribution in [-0.2, 0) is 17.9 Å². The summed E-state index contributed by atoms with van der Waals surface area (Å²) in [5.74, 6) is 0.207. The van der Waals surface area contributed by atoms with E-state index in [0.717, 1.165) is 11.1 Å². The average Bonchev–Trinajstić information content (AvgIpc) is 2.84. The summed E-state index contributed by atoms with van der Waals surface area (Å²) in [7, 11) is 0. The molecule has 180 valence electrons. The molecule has 0 saturated carbocycles. The van der Waals surface area contributed by atoms with E-state index in [4.69, 9.17) is 4.98 Å². The zero-order valence-corrected chi connectivity index (χ0v) is 21.5. The van der Waals surface area contributed by atoms with E-state index < -0.39 is 0 Å². The number of amides is 1. The van der Waals surface area contributed by atoms with Crippen LogP contribution in [-0.4, -0.2) is 31.6 Å². The summed E-state index contributed by atoms with van der Waals surface area (Å²) in [5, 5.41) is 1.13. The molecule has 0 aliphatic rings. The summed E-state index contributed by atoms with van der Waals surface area (Å²) < 4.78 is 1.68. The lowest BCUT2D eigenvalue weighted by atomic mass is 10.0. The van der Waals surface area contributed by atoms with Crippen LogP contribution in [0.1, 0.15) is 37.5 Å². The van der Waals surface area contributed by atoms with Crippen molar-refractivity contribution in [3.63, 3.8) is 0 Å². The number of hydrogen-bond donors (Lipinski definition) is 0. The highest BCUT2D eigenvalue weighted by molar-refractivity contribution is 7.99. The van der Waals surface area contributed by atoms with Crippen molar-refractivity contribution in [2.45, 2.75) is 51.5 Å². The second-order valence-electron chi connectivity index (χ2n) is 9.71. The lowest BCUT2D eigenvalue weighted by Gasteiger charge is -2.36. The third-order valence-corrected chi connectivity index (χ3v) is 6.87. The molecule has 0 N–H and O–H groups in total. The molecule has 1 amide bonds. The molecule has 0 spiro atoms. The fourth-order valence-electron chi connectivity index (χ4n) is 3.94. The van der Waals surface area contributed by atoms with E-state index >= 15 is 0 Å². The topological polar surface area (TPSA) is 55.2 Å². The number of aryl methyl sites for hydroxylation is 1. The Hall–Kier alpha value is -3.38. The summed E-state index contributed by atoms with van der Waals surface area (Å²) in [6.45, 7) is 9.10. The quantitative estimate of drug-likeness (QED) is 0.250. The van der Waals surface area contributed by atoms with Crippen LogP contribution in [0.15, 0.2) is 88.8 Å². The molecule has 0 saturated heterocycles. The number of fused-ring (bicyclic) bond motifs is 1. The first-order chi connectivity index (χ1) is 16.7. The molecule has 0 fully saturated rings. The summed E-state index contributed by atoms with van der Waals surface area (Å²) in [5.41, 5.74) is 3.47. The van der Waals surface area contributed by atoms with Gasteiger partial charge in [-0.3, -0.25) is 14.2 Å². The molecular weight excluding hydrogens is 454 g/mol. The van der Waals surface area contributed by atoms with Gasteiger partial charge in [0.05, 0.1) is 23.2 Å². The van der Waals surface area contributed by atoms with Gasteiger partial charge in [-0.1, -0.05) is 84.1 Å². The van der Waals surface area contributed by atoms with Crippen molar-refractivity contribution < 1.29 is 4.79 Å². The van der Waals surface area contributed by atoms with E-state index in [-0.39, 0.29) is 22.8 Å². The molecule has 0 radical (unpaired) electrons. The van der Waals surface area contributed by atoms with Gasteiger partial charge in [-0.2, -0.15) is 0 Å². The Labute approximate surface area is 210 Å². The van der Waals surface area contributed by atoms with Crippen LogP contribution in [0.5, 0.6) is 0 Å². The maximum Gasteiger partial charge on any atom is 0.262 e. The van der Waals surface area contributed by atoms with Crippen molar-refractivity contribution in [1.82, 2.24) is 14.5 Å². The number of aromatic nitrogens is 2. The van der Waals surface area contributed by atoms with Crippen LogP contribution in [0.25, 0.3) is 10.9 Å². The third-order valence-electron chi connectivity index (χ3n) is 5.91. The van der Waals surface area contributed by atoms with E-state index in [0.29, 0.717) is 29.1 Å². The van der Waals surface area contributed by atoms with Gasteiger partial charge in [0.2, 0.25) is 5.91 Å². The standard InChI is InChI=1S/C29H31N3O2S/c1-21-14-16-23(17-15-21)18-31-27(34)24-12-8-9-13-25(24)30-28(31)35-20-26(33)32(29(2,3)4)19-22-10-6-5-7-11-22/h5-17H,18-20H2,1-4H3. The van der Waals surface area contributed by atoms with Gasteiger partial charge < -0.3 is 4.90 Å². The molecule has 1 aromatic heterocycles. The van der Waals surface area contributed by atoms with Crippen LogP contribution >= 0.6 is 11.8 Å². The van der Waals surface area contributed by atoms with E-state index in [1.54, 1.807) is 10.6 Å². The summed E-state index contributed by atoms with van der Waals surface area (Å²) in [4.78, 5) is 33.5. The molecule has 35 heavy (non-hydrogen) atoms. The minimum atomic E-state index is -0.341. The number of hydrogen-bond acceptors (Lipinski definition) is 4. The van der Waals surface area contributed by atoms with Gasteiger partial charge in [0.15, 0.2) is 5.16 Å². The molecule has 0 aliphatic carbocycles. The van der Waals surface area contributed by atoms with Gasteiger partial charge in [-0.25, -0.2) is 4.98 Å². The first-order valence-electron chi connectivity index (χ1n) is 11.7. The molecule has 1 heterocycles. The number of carbonyl (C=O) groups excluding carboxylic acids is 1. The molecule has 5 nitrogen and oxygen atoms in total. The molecule has 4 rings (SSSR count). The smallest absolute Gasteiger partial charge is 0.262 e. The zero-order chi connectivity index (χ0) is 25.0. The van der Waals surface area contributed by atoms with Crippen molar-refractivity contribution >= 4 is 28.6 Å². The number of rotatable bonds is 7. The second kappa shape index (κ2) is 10.5. The second-order valence-corrected chi connectivity index (χ2v) is 10.7. The van der Waals surface area contributed by atoms with E-state index in [9.17, 15) is 9.59 Å². The number of carbonyl (C=O) groups is 1. The fraction of sp³-hybridized carbons (Fsp3) is 0.276. The Bertz CT molecular complexity index is 1370. The number of para-hydroxylation sites is 1. The van der Waals surface area contributed by atoms with Gasteiger partial charge >= 0.3 is 0 Å². The van der Waals surface area contributed by atoms with Crippen LogP contribution in [0.4, 0.5) is 0 Å². The highest BCUT2D eigenvalue weighted by atomic mass is 32.2. The Kier molecular flexibility index (Phi) is 7.41. The first kappa shape index (κ1) is 24.7. The highest BCUT2D eigenvalue weighted by Gasteiger charge is 2.27. The number of thioether (sulfide) groups is 1. The Morgan fingerprint density at radius 1 is 0.914 bits per heavy atom. The van der Waals surface area contributed by atoms with Crippen molar-refractivity contribution in [1.29, 1.82) is 0 Å². The summed E-state index contributed by atoms with van der Waals surface area (Å²) in [6.07, 6.45) is 0. The van der Waals surface area contributed by atoms with Gasteiger partial charge in [0.1, 0.15) is 0 Å². The van der Waals surface area contributed by atoms with Crippen LogP contribution in [0.2, 0.25) is 0 Å². The summed E-state index contributed by atoms with van der Waals surface area (Å²) >= 11 is 1.32. The molecule has 4 aromatic rings.